The minimum absolute atomic E-state index is 0.191. The summed E-state index contributed by atoms with van der Waals surface area (Å²) in [5, 5.41) is 3.18. The molecular weight excluding hydrogens is 267 g/mol. The van der Waals surface area contributed by atoms with Gasteiger partial charge >= 0.3 is 6.36 Å². The molecule has 1 N–H and O–H groups in total. The maximum absolute atomic E-state index is 12.1. The van der Waals surface area contributed by atoms with Crippen LogP contribution in [-0.4, -0.2) is 12.9 Å². The number of rotatable bonds is 8. The molecule has 1 rings (SSSR count). The standard InChI is InChI=1S/C15H22F3NO/c1-3-5-7-12(4-2)11-19-13-8-6-9-14(10-13)20-15(16,17)18/h6,8-10,12,19H,3-5,7,11H2,1-2H3. The van der Waals surface area contributed by atoms with Crippen molar-refractivity contribution in [1.29, 1.82) is 0 Å². The van der Waals surface area contributed by atoms with Crippen molar-refractivity contribution in [1.82, 2.24) is 0 Å². The molecule has 1 aromatic carbocycles. The summed E-state index contributed by atoms with van der Waals surface area (Å²) in [6.07, 6.45) is -0.112. The highest BCUT2D eigenvalue weighted by atomic mass is 19.4. The van der Waals surface area contributed by atoms with Crippen LogP contribution in [0.15, 0.2) is 24.3 Å². The van der Waals surface area contributed by atoms with E-state index in [1.807, 2.05) is 0 Å². The number of hydrogen-bond donors (Lipinski definition) is 1. The maximum Gasteiger partial charge on any atom is 0.573 e. The summed E-state index contributed by atoms with van der Waals surface area (Å²) in [5.41, 5.74) is 0.654. The Morgan fingerprint density at radius 1 is 1.25 bits per heavy atom. The van der Waals surface area contributed by atoms with Crippen LogP contribution in [0.1, 0.15) is 39.5 Å². The Labute approximate surface area is 118 Å². The van der Waals surface area contributed by atoms with Gasteiger partial charge < -0.3 is 10.1 Å². The molecule has 0 aliphatic heterocycles. The average Bonchev–Trinajstić information content (AvgIpc) is 2.37. The van der Waals surface area contributed by atoms with Gasteiger partial charge in [-0.3, -0.25) is 0 Å². The minimum Gasteiger partial charge on any atom is -0.406 e. The zero-order valence-corrected chi connectivity index (χ0v) is 12.0. The van der Waals surface area contributed by atoms with Gasteiger partial charge in [-0.1, -0.05) is 39.2 Å². The molecule has 20 heavy (non-hydrogen) atoms. The van der Waals surface area contributed by atoms with Crippen molar-refractivity contribution in [2.75, 3.05) is 11.9 Å². The fourth-order valence-electron chi connectivity index (χ4n) is 2.01. The summed E-state index contributed by atoms with van der Waals surface area (Å²) in [6, 6.07) is 5.97. The Morgan fingerprint density at radius 3 is 2.60 bits per heavy atom. The van der Waals surface area contributed by atoms with Crippen molar-refractivity contribution in [3.05, 3.63) is 24.3 Å². The van der Waals surface area contributed by atoms with E-state index in [1.165, 1.54) is 18.6 Å². The number of halogens is 3. The van der Waals surface area contributed by atoms with Gasteiger partial charge in [0.2, 0.25) is 0 Å². The van der Waals surface area contributed by atoms with E-state index < -0.39 is 6.36 Å². The van der Waals surface area contributed by atoms with Crippen molar-refractivity contribution in [2.45, 2.75) is 45.9 Å². The second kappa shape index (κ2) is 8.02. The fourth-order valence-corrected chi connectivity index (χ4v) is 2.01. The Bertz CT molecular complexity index is 393. The topological polar surface area (TPSA) is 21.3 Å². The first-order valence-electron chi connectivity index (χ1n) is 7.04. The van der Waals surface area contributed by atoms with Gasteiger partial charge in [0.25, 0.3) is 0 Å². The van der Waals surface area contributed by atoms with Gasteiger partial charge in [-0.2, -0.15) is 0 Å². The van der Waals surface area contributed by atoms with Gasteiger partial charge in [0.15, 0.2) is 0 Å². The number of benzene rings is 1. The zero-order valence-electron chi connectivity index (χ0n) is 12.0. The highest BCUT2D eigenvalue weighted by Gasteiger charge is 2.31. The van der Waals surface area contributed by atoms with Crippen molar-refractivity contribution in [3.8, 4) is 5.75 Å². The molecule has 0 amide bonds. The Kier molecular flexibility index (Phi) is 6.68. The molecule has 0 fully saturated rings. The molecule has 5 heteroatoms. The molecule has 0 saturated carbocycles. The summed E-state index contributed by atoms with van der Waals surface area (Å²) < 4.78 is 40.3. The number of ether oxygens (including phenoxy) is 1. The van der Waals surface area contributed by atoms with Gasteiger partial charge in [-0.05, 0) is 24.5 Å². The second-order valence-electron chi connectivity index (χ2n) is 4.87. The second-order valence-corrected chi connectivity index (χ2v) is 4.87. The zero-order chi connectivity index (χ0) is 15.0. The number of nitrogens with one attached hydrogen (secondary N) is 1. The molecule has 0 aromatic heterocycles. The lowest BCUT2D eigenvalue weighted by Gasteiger charge is -2.17. The van der Waals surface area contributed by atoms with E-state index in [9.17, 15) is 13.2 Å². The van der Waals surface area contributed by atoms with E-state index in [4.69, 9.17) is 0 Å². The number of unbranched alkanes of at least 4 members (excludes halogenated alkanes) is 1. The SMILES string of the molecule is CCCCC(CC)CNc1cccc(OC(F)(F)F)c1. The molecule has 0 radical (unpaired) electrons. The molecule has 1 atom stereocenters. The fraction of sp³-hybridized carbons (Fsp3) is 0.600. The van der Waals surface area contributed by atoms with Crippen LogP contribution >= 0.6 is 0 Å². The van der Waals surface area contributed by atoms with Crippen LogP contribution < -0.4 is 10.1 Å². The maximum atomic E-state index is 12.1. The summed E-state index contributed by atoms with van der Waals surface area (Å²) in [4.78, 5) is 0. The van der Waals surface area contributed by atoms with Crippen molar-refractivity contribution >= 4 is 5.69 Å². The lowest BCUT2D eigenvalue weighted by Crippen LogP contribution is -2.17. The molecule has 2 nitrogen and oxygen atoms in total. The lowest BCUT2D eigenvalue weighted by molar-refractivity contribution is -0.274. The molecule has 114 valence electrons. The normalized spacial score (nSPS) is 13.1. The smallest absolute Gasteiger partial charge is 0.406 e. The summed E-state index contributed by atoms with van der Waals surface area (Å²) in [6.45, 7) is 5.05. The van der Waals surface area contributed by atoms with Gasteiger partial charge in [-0.25, -0.2) is 0 Å². The van der Waals surface area contributed by atoms with Crippen LogP contribution in [0, 0.1) is 5.92 Å². The molecular formula is C15H22F3NO. The molecule has 0 heterocycles. The van der Waals surface area contributed by atoms with Crippen LogP contribution in [0.4, 0.5) is 18.9 Å². The van der Waals surface area contributed by atoms with Crippen molar-refractivity contribution < 1.29 is 17.9 Å². The van der Waals surface area contributed by atoms with E-state index in [-0.39, 0.29) is 5.75 Å². The average molecular weight is 289 g/mol. The monoisotopic (exact) mass is 289 g/mol. The van der Waals surface area contributed by atoms with Gasteiger partial charge in [0.05, 0.1) is 0 Å². The van der Waals surface area contributed by atoms with Crippen LogP contribution in [0.25, 0.3) is 0 Å². The van der Waals surface area contributed by atoms with E-state index in [0.717, 1.165) is 25.8 Å². The van der Waals surface area contributed by atoms with Gasteiger partial charge in [0.1, 0.15) is 5.75 Å². The Balaban J connectivity index is 2.53. The van der Waals surface area contributed by atoms with Gasteiger partial charge in [-0.15, -0.1) is 13.2 Å². The third kappa shape index (κ3) is 6.68. The lowest BCUT2D eigenvalue weighted by atomic mass is 9.99. The highest BCUT2D eigenvalue weighted by molar-refractivity contribution is 5.48. The third-order valence-corrected chi connectivity index (χ3v) is 3.21. The van der Waals surface area contributed by atoms with Crippen LogP contribution in [-0.2, 0) is 0 Å². The van der Waals surface area contributed by atoms with E-state index >= 15 is 0 Å². The van der Waals surface area contributed by atoms with Crippen LogP contribution in [0.3, 0.4) is 0 Å². The van der Waals surface area contributed by atoms with E-state index in [2.05, 4.69) is 23.9 Å². The first kappa shape index (κ1) is 16.7. The van der Waals surface area contributed by atoms with Crippen LogP contribution in [0.2, 0.25) is 0 Å². The first-order valence-corrected chi connectivity index (χ1v) is 7.04. The van der Waals surface area contributed by atoms with Crippen molar-refractivity contribution in [3.63, 3.8) is 0 Å². The Morgan fingerprint density at radius 2 is 2.00 bits per heavy atom. The van der Waals surface area contributed by atoms with E-state index in [1.54, 1.807) is 12.1 Å². The van der Waals surface area contributed by atoms with Crippen LogP contribution in [0.5, 0.6) is 5.75 Å². The quantitative estimate of drug-likeness (QED) is 0.709. The third-order valence-electron chi connectivity index (χ3n) is 3.21. The summed E-state index contributed by atoms with van der Waals surface area (Å²) >= 11 is 0. The first-order chi connectivity index (χ1) is 9.44. The predicted molar refractivity (Wildman–Crippen MR) is 74.9 cm³/mol. The van der Waals surface area contributed by atoms with Crippen molar-refractivity contribution in [2.24, 2.45) is 5.92 Å². The molecule has 0 spiro atoms. The van der Waals surface area contributed by atoms with Gasteiger partial charge in [0, 0.05) is 18.3 Å². The molecule has 0 aliphatic carbocycles. The Hall–Kier alpha value is -1.39. The van der Waals surface area contributed by atoms with E-state index in [0.29, 0.717) is 11.6 Å². The molecule has 0 aliphatic rings. The largest absolute Gasteiger partial charge is 0.573 e. The molecule has 1 aromatic rings. The minimum atomic E-state index is -4.65. The highest BCUT2D eigenvalue weighted by Crippen LogP contribution is 2.25. The summed E-state index contributed by atoms with van der Waals surface area (Å²) in [5.74, 6) is 0.353. The number of anilines is 1. The molecule has 0 bridgehead atoms. The predicted octanol–water partition coefficient (Wildman–Crippen LogP) is 5.21. The molecule has 0 saturated heterocycles. The summed E-state index contributed by atoms with van der Waals surface area (Å²) in [7, 11) is 0. The number of alkyl halides is 3. The molecule has 1 unspecified atom stereocenters. The number of hydrogen-bond acceptors (Lipinski definition) is 2.